The fourth-order valence-electron chi connectivity index (χ4n) is 11.0. The summed E-state index contributed by atoms with van der Waals surface area (Å²) in [5.74, 6) is 1.19. The number of anilines is 3. The molecule has 15 N–H and O–H groups in total. The number of methoxy groups -OCH3 is 1. The molecule has 0 atom stereocenters. The molecule has 7 heterocycles. The van der Waals surface area contributed by atoms with E-state index < -0.39 is 20.5 Å². The first kappa shape index (κ1) is 104. The maximum Gasteiger partial charge on any atom is 0.414 e. The number of aryl methyl sites for hydroxylation is 1. The minimum atomic E-state index is -4.94. The summed E-state index contributed by atoms with van der Waals surface area (Å²) < 4.78 is 85.6. The van der Waals surface area contributed by atoms with E-state index in [2.05, 4.69) is 94.0 Å². The van der Waals surface area contributed by atoms with Crippen LogP contribution in [-0.2, 0) is 19.1 Å². The number of allylic oxidation sites excluding steroid dienone is 12. The first-order chi connectivity index (χ1) is 64.6. The predicted molar refractivity (Wildman–Crippen MR) is 476 cm³/mol. The Morgan fingerprint density at radius 3 is 1.57 bits per heavy atom. The molecule has 0 radical (unpaired) electrons. The van der Waals surface area contributed by atoms with Crippen LogP contribution >= 0.6 is 11.3 Å². The summed E-state index contributed by atoms with van der Waals surface area (Å²) in [5, 5.41) is 121. The number of thiazole rings is 1. The van der Waals surface area contributed by atoms with E-state index in [1.165, 1.54) is 85.3 Å². The highest BCUT2D eigenvalue weighted by molar-refractivity contribution is 7.13. The normalized spacial score (nSPS) is 15.5. The summed E-state index contributed by atoms with van der Waals surface area (Å²) in [4.78, 5) is 41.2. The minimum Gasteiger partial charge on any atom is -0.505 e. The molecule has 45 nitrogen and oxygen atoms in total. The van der Waals surface area contributed by atoms with Gasteiger partial charge in [-0.25, -0.2) is 37.3 Å². The number of carbonyl (C=O) groups is 3. The molecule has 136 heavy (non-hydrogen) atoms. The number of para-hydroxylation sites is 1. The number of azo groups is 2. The van der Waals surface area contributed by atoms with Crippen LogP contribution in [0.25, 0.3) is 16.9 Å². The number of amides is 1. The van der Waals surface area contributed by atoms with Crippen molar-refractivity contribution in [3.8, 4) is 28.4 Å². The quantitative estimate of drug-likeness (QED) is 0.0139. The molecule has 10 aromatic rings. The summed E-state index contributed by atoms with van der Waals surface area (Å²) >= 11 is 1.50. The van der Waals surface area contributed by atoms with Crippen LogP contribution in [0.15, 0.2) is 368 Å². The number of fused-ring (bicyclic) bond motifs is 1. The molecule has 1 aliphatic heterocycles. The predicted octanol–water partition coefficient (Wildman–Crippen LogP) is 1.42. The number of ether oxygens (including phenoxy) is 2. The monoisotopic (exact) mass is 1920 g/mol. The number of nitrogens with zero attached hydrogens (tertiary/aromatic N) is 19. The molecule has 1 amide bonds. The molecule has 0 unspecified atom stereocenters. The van der Waals surface area contributed by atoms with Gasteiger partial charge in [-0.05, 0) is 204 Å². The number of hydrogen-bond acceptors (Lipinski definition) is 39. The average Bonchev–Trinajstić information content (AvgIpc) is 1.63. The van der Waals surface area contributed by atoms with Crippen molar-refractivity contribution in [3.05, 3.63) is 334 Å². The Morgan fingerprint density at radius 1 is 0.551 bits per heavy atom. The Morgan fingerprint density at radius 2 is 1.04 bits per heavy atom. The lowest BCUT2D eigenvalue weighted by Gasteiger charge is -2.19. The Hall–Kier alpha value is -16.9. The van der Waals surface area contributed by atoms with E-state index in [0.717, 1.165) is 58.4 Å². The number of halogens is 2. The second kappa shape index (κ2) is 50.5. The van der Waals surface area contributed by atoms with Gasteiger partial charge in [0.15, 0.2) is 44.9 Å². The zero-order valence-electron chi connectivity index (χ0n) is 73.7. The van der Waals surface area contributed by atoms with Crippen molar-refractivity contribution in [2.45, 2.75) is 34.6 Å². The van der Waals surface area contributed by atoms with Gasteiger partial charge in [0.25, 0.3) is 0 Å². The van der Waals surface area contributed by atoms with E-state index in [9.17, 15) is 40.3 Å². The van der Waals surface area contributed by atoms with Crippen LogP contribution < -0.4 is 106 Å². The number of pyridine rings is 5. The van der Waals surface area contributed by atoms with Gasteiger partial charge in [0.05, 0.1) is 57.2 Å². The van der Waals surface area contributed by atoms with Crippen LogP contribution in [0.2, 0.25) is 0 Å². The van der Waals surface area contributed by atoms with Crippen molar-refractivity contribution in [2.75, 3.05) is 58.3 Å². The van der Waals surface area contributed by atoms with E-state index in [1.807, 2.05) is 92.7 Å². The number of carbonyl (C=O) groups excluding carboxylic acids is 3. The molecule has 0 saturated heterocycles. The number of phenols is 1. The lowest BCUT2D eigenvalue weighted by atomic mass is 9.99. The number of rotatable bonds is 14. The van der Waals surface area contributed by atoms with Crippen LogP contribution in [-0.4, -0.2) is 143 Å². The van der Waals surface area contributed by atoms with E-state index in [-0.39, 0.29) is 51.3 Å². The number of nitrogen functional groups attached to an aromatic ring is 2. The van der Waals surface area contributed by atoms with Crippen molar-refractivity contribution in [1.82, 2.24) is 29.1 Å². The molecule has 706 valence electrons. The summed E-state index contributed by atoms with van der Waals surface area (Å²) in [7, 11) is -3.03. The third-order valence-corrected chi connectivity index (χ3v) is 18.5. The zero-order valence-corrected chi connectivity index (χ0v) is 76.0. The number of hydrogen-bond donors (Lipinski definition) is 12. The standard InChI is InChI=1S/C23H18N4O2S.C14H14N4O3.2C13H15N5O.C13H13N3O2.C12H13N5O2.2ClHO4/c28-21-13-19-22(29-12-11-24-19)14-18(21)25-26-23-27(17-9-5-2-6-10-17)20(15-30-23)16-7-3-1-4-8-16;1-9-7-12(11(8-13(9)20)15-10(2)19)16-17-14-5-3-4-6-18(14)21;1-17(2)10-6-7-12(11(14)9-10)15-16-13-5-3-4-8-18(13)19;1-9-7-12(11(15)8-10(9)14)16-17-13-5-3-4-6-18(13)19-2;1-9-8-12(17)10(2)7-11(9)14-15-13-5-3-4-6-16(13)18;1-19-11-7-10(8(13)6-9(11)14)15-16-12-4-2-3-5-17(12)18;2*2-1(3,4)5/h1-10,13-15H,11-12H2,(H,24,28);3-8,21H,1-2H3,(H,15,19);3-9,14,19H,1-2H3;3-8H,1-2H3,(H3,14,15);3-8,18H,1-2H3;2-7,13,18H,14H2,1H3;2*(H,2,3,4,5). The van der Waals surface area contributed by atoms with Gasteiger partial charge in [-0.2, -0.15) is 23.5 Å². The lowest BCUT2D eigenvalue weighted by Crippen LogP contribution is -2.68. The average molecular weight is 1920 g/mol. The molecule has 48 heteroatoms. The van der Waals surface area contributed by atoms with Crippen molar-refractivity contribution >= 4 is 102 Å². The lowest BCUT2D eigenvalue weighted by molar-refractivity contribution is -2.00. The third-order valence-electron chi connectivity index (χ3n) is 17.7. The zero-order chi connectivity index (χ0) is 99.3. The third kappa shape index (κ3) is 33.5. The van der Waals surface area contributed by atoms with Crippen LogP contribution in [0.1, 0.15) is 33.3 Å². The van der Waals surface area contributed by atoms with Gasteiger partial charge in [-0.1, -0.05) is 72.8 Å². The van der Waals surface area contributed by atoms with Crippen molar-refractivity contribution in [1.29, 1.82) is 10.8 Å². The summed E-state index contributed by atoms with van der Waals surface area (Å²) in [6.07, 6.45) is 21.8. The number of aromatic nitrogens is 6. The van der Waals surface area contributed by atoms with E-state index in [0.29, 0.717) is 109 Å². The number of likely N-dealkylation sites (N-methyl/N-ethyl adjacent to an activating group) is 1. The molecule has 6 aromatic heterocycles. The Labute approximate surface area is 782 Å². The molecular formula is C88H90Cl2N26O19S. The van der Waals surface area contributed by atoms with Crippen molar-refractivity contribution < 1.29 is 122 Å². The van der Waals surface area contributed by atoms with Gasteiger partial charge >= 0.3 is 10.9 Å². The number of benzene rings is 4. The van der Waals surface area contributed by atoms with Crippen LogP contribution in [0, 0.1) is 38.2 Å². The van der Waals surface area contributed by atoms with E-state index >= 15 is 0 Å². The molecule has 0 bridgehead atoms. The molecule has 0 fully saturated rings. The van der Waals surface area contributed by atoms with Crippen molar-refractivity contribution in [3.63, 3.8) is 0 Å². The Kier molecular flexibility index (Phi) is 38.8. The molecule has 15 rings (SSSR count). The van der Waals surface area contributed by atoms with Gasteiger partial charge in [0.1, 0.15) is 65.7 Å². The summed E-state index contributed by atoms with van der Waals surface area (Å²) in [6.45, 7) is 9.70. The SMILES string of the molecule is CC(=O)NC1=CC(=O)C(C)=CC1=NN=c1ccccn1O.CC1=CC(=NN=c2ccccn2O)C(C)=CC1=O.CN(C)C1=CC(=N)C(=NN=c2ccccn2O)C=C1.COC1=CC(=NN=c2ccccn2O)C(=N)C=C1N.CO[n+]1ccccc1N=Nc1cc(C)c(N)cc1N.Oc1cc2c(cc1N=Nc1scc(-c3ccccc3)[n+]1-c1ccccc1)OCCN2.[O-][Cl+3]([O-])([O-])[O-].[O-][Cl+3]([O-])([O-])[O-]. The maximum absolute atomic E-state index is 11.6. The Balaban J connectivity index is 0.000000198. The molecular weight excluding hydrogens is 1830 g/mol. The second-order valence-corrected chi connectivity index (χ2v) is 30.2. The molecule has 5 aliphatic rings. The maximum atomic E-state index is 11.6. The van der Waals surface area contributed by atoms with Crippen LogP contribution in [0.4, 0.5) is 39.4 Å². The summed E-state index contributed by atoms with van der Waals surface area (Å²) in [6, 6.07) is 52.5. The van der Waals surface area contributed by atoms with Crippen LogP contribution in [0.5, 0.6) is 11.5 Å². The molecule has 4 aliphatic carbocycles. The van der Waals surface area contributed by atoms with Crippen molar-refractivity contribution in [2.24, 2.45) is 67.0 Å². The van der Waals surface area contributed by atoms with Gasteiger partial charge in [-0.15, -0.1) is 61.3 Å². The molecule has 0 saturated carbocycles. The van der Waals surface area contributed by atoms with E-state index in [1.54, 1.807) is 155 Å². The summed E-state index contributed by atoms with van der Waals surface area (Å²) in [5.41, 5.74) is 30.8. The van der Waals surface area contributed by atoms with Crippen LogP contribution in [0.3, 0.4) is 0 Å². The molecule has 4 aromatic carbocycles. The number of phenolic OH excluding ortho intramolecular Hbond substituents is 1. The topological polar surface area (TPSA) is 693 Å². The van der Waals surface area contributed by atoms with Gasteiger partial charge in [-0.3, -0.25) is 25.2 Å². The second-order valence-electron chi connectivity index (χ2n) is 27.9. The van der Waals surface area contributed by atoms with Gasteiger partial charge in [0.2, 0.25) is 5.91 Å². The van der Waals surface area contributed by atoms with E-state index in [4.69, 9.17) is 79.6 Å². The number of aromatic hydroxyl groups is 1. The first-order valence-electron chi connectivity index (χ1n) is 39.4. The number of nitrogens with two attached hydrogens (primary N) is 3. The highest BCUT2D eigenvalue weighted by Gasteiger charge is 2.25. The Bertz CT molecular complexity index is 6790. The fraction of sp³-hybridized carbons (Fsp3) is 0.125. The smallest absolute Gasteiger partial charge is 0.414 e. The first-order valence-corrected chi connectivity index (χ1v) is 42.7. The van der Waals surface area contributed by atoms with Gasteiger partial charge < -0.3 is 73.0 Å². The highest BCUT2D eigenvalue weighted by atomic mass is 35.7. The highest BCUT2D eigenvalue weighted by Crippen LogP contribution is 2.40. The van der Waals surface area contributed by atoms with Gasteiger partial charge in [0, 0.05) is 105 Å². The largest absolute Gasteiger partial charge is 0.505 e. The number of nitrogens with one attached hydrogen (secondary N) is 4. The molecule has 0 spiro atoms. The minimum absolute atomic E-state index is 0.0108. The fourth-order valence-corrected chi connectivity index (χ4v) is 11.9. The number of ketones is 2.